The summed E-state index contributed by atoms with van der Waals surface area (Å²) in [6.07, 6.45) is 19.4. The van der Waals surface area contributed by atoms with Crippen molar-refractivity contribution in [2.45, 2.75) is 53.4 Å². The minimum atomic E-state index is -3.35. The minimum absolute atomic E-state index is 0.0721. The molecule has 0 radical (unpaired) electrons. The van der Waals surface area contributed by atoms with Gasteiger partial charge in [-0.2, -0.15) is 8.42 Å². The van der Waals surface area contributed by atoms with E-state index in [-0.39, 0.29) is 6.61 Å². The molecule has 4 heteroatoms. The van der Waals surface area contributed by atoms with E-state index in [2.05, 4.69) is 50.1 Å². The summed E-state index contributed by atoms with van der Waals surface area (Å²) in [6.45, 7) is 8.65. The highest BCUT2D eigenvalue weighted by Crippen LogP contribution is 2.11. The Hall–Kier alpha value is -1.39. The zero-order chi connectivity index (χ0) is 18.4. The van der Waals surface area contributed by atoms with Crippen LogP contribution in [-0.2, 0) is 14.3 Å². The topological polar surface area (TPSA) is 43.4 Å². The van der Waals surface area contributed by atoms with Gasteiger partial charge >= 0.3 is 0 Å². The molecule has 24 heavy (non-hydrogen) atoms. The summed E-state index contributed by atoms with van der Waals surface area (Å²) in [6, 6.07) is 0. The van der Waals surface area contributed by atoms with E-state index in [1.165, 1.54) is 16.7 Å². The van der Waals surface area contributed by atoms with Crippen molar-refractivity contribution in [2.75, 3.05) is 12.9 Å². The largest absolute Gasteiger partial charge is 0.266 e. The molecule has 0 aliphatic carbocycles. The van der Waals surface area contributed by atoms with Gasteiger partial charge in [-0.3, -0.25) is 4.18 Å². The van der Waals surface area contributed by atoms with Gasteiger partial charge in [0.05, 0.1) is 12.9 Å². The van der Waals surface area contributed by atoms with Crippen molar-refractivity contribution < 1.29 is 12.6 Å². The van der Waals surface area contributed by atoms with Gasteiger partial charge in [0.2, 0.25) is 0 Å². The van der Waals surface area contributed by atoms with E-state index in [0.29, 0.717) is 0 Å². The molecule has 0 saturated carbocycles. The molecule has 0 spiro atoms. The predicted molar refractivity (Wildman–Crippen MR) is 104 cm³/mol. The lowest BCUT2D eigenvalue weighted by molar-refractivity contribution is 0.361. The first kappa shape index (κ1) is 22.6. The molecule has 3 nitrogen and oxygen atoms in total. The second-order valence-electron chi connectivity index (χ2n) is 6.22. The highest BCUT2D eigenvalue weighted by Gasteiger charge is 1.96. The van der Waals surface area contributed by atoms with Crippen molar-refractivity contribution in [3.63, 3.8) is 0 Å². The van der Waals surface area contributed by atoms with Crippen LogP contribution in [0.4, 0.5) is 0 Å². The van der Waals surface area contributed by atoms with Crippen LogP contribution in [-0.4, -0.2) is 21.3 Å². The summed E-state index contributed by atoms with van der Waals surface area (Å²) in [5.41, 5.74) is 4.15. The average molecular weight is 353 g/mol. The van der Waals surface area contributed by atoms with E-state index in [1.54, 1.807) is 12.2 Å². The molecule has 0 rings (SSSR count). The molecule has 0 fully saturated rings. The Bertz CT molecular complexity index is 599. The molecule has 0 aliphatic heterocycles. The van der Waals surface area contributed by atoms with Crippen LogP contribution >= 0.6 is 0 Å². The number of hydrogen-bond acceptors (Lipinski definition) is 3. The van der Waals surface area contributed by atoms with E-state index >= 15 is 0 Å². The maximum atomic E-state index is 10.8. The van der Waals surface area contributed by atoms with Crippen LogP contribution in [0.1, 0.15) is 53.4 Å². The maximum absolute atomic E-state index is 10.8. The van der Waals surface area contributed by atoms with Crippen molar-refractivity contribution in [2.24, 2.45) is 0 Å². The van der Waals surface area contributed by atoms with Gasteiger partial charge in [0.25, 0.3) is 10.1 Å². The third-order valence-corrected chi connectivity index (χ3v) is 3.80. The third-order valence-electron chi connectivity index (χ3n) is 3.24. The summed E-state index contributed by atoms with van der Waals surface area (Å²) in [5.74, 6) is 0. The lowest BCUT2D eigenvalue weighted by Crippen LogP contribution is -2.01. The van der Waals surface area contributed by atoms with Crippen LogP contribution in [0.5, 0.6) is 0 Å². The molecule has 0 unspecified atom stereocenters. The van der Waals surface area contributed by atoms with E-state index in [0.717, 1.165) is 31.9 Å². The molecule has 0 N–H and O–H groups in total. The van der Waals surface area contributed by atoms with Gasteiger partial charge in [-0.05, 0) is 53.4 Å². The monoisotopic (exact) mass is 352 g/mol. The van der Waals surface area contributed by atoms with Crippen molar-refractivity contribution in [3.05, 3.63) is 59.3 Å². The maximum Gasteiger partial charge on any atom is 0.264 e. The summed E-state index contributed by atoms with van der Waals surface area (Å²) in [4.78, 5) is 0. The zero-order valence-electron chi connectivity index (χ0n) is 15.7. The first-order chi connectivity index (χ1) is 11.2. The Kier molecular flexibility index (Phi) is 12.2. The second kappa shape index (κ2) is 13.0. The summed E-state index contributed by atoms with van der Waals surface area (Å²) < 4.78 is 26.1. The molecule has 0 aromatic heterocycles. The van der Waals surface area contributed by atoms with Crippen LogP contribution in [0, 0.1) is 0 Å². The minimum Gasteiger partial charge on any atom is -0.266 e. The van der Waals surface area contributed by atoms with Crippen molar-refractivity contribution >= 4 is 10.1 Å². The average Bonchev–Trinajstić information content (AvgIpc) is 2.44. The second-order valence-corrected chi connectivity index (χ2v) is 7.87. The highest BCUT2D eigenvalue weighted by molar-refractivity contribution is 7.85. The van der Waals surface area contributed by atoms with E-state index < -0.39 is 10.1 Å². The lowest BCUT2D eigenvalue weighted by atomic mass is 10.1. The Morgan fingerprint density at radius 2 is 1.50 bits per heavy atom. The fraction of sp³-hybridized carbons (Fsp3) is 0.500. The Labute approximate surface area is 148 Å². The summed E-state index contributed by atoms with van der Waals surface area (Å²) >= 11 is 0. The molecule has 136 valence electrons. The molecular weight excluding hydrogens is 320 g/mol. The molecule has 0 atom stereocenters. The first-order valence-corrected chi connectivity index (χ1v) is 10.1. The van der Waals surface area contributed by atoms with Gasteiger partial charge in [-0.15, -0.1) is 0 Å². The zero-order valence-corrected chi connectivity index (χ0v) is 16.5. The van der Waals surface area contributed by atoms with Crippen LogP contribution in [0.2, 0.25) is 0 Å². The van der Waals surface area contributed by atoms with E-state index in [9.17, 15) is 8.42 Å². The van der Waals surface area contributed by atoms with Crippen LogP contribution in [0.15, 0.2) is 59.3 Å². The predicted octanol–water partition coefficient (Wildman–Crippen LogP) is 5.49. The van der Waals surface area contributed by atoms with Gasteiger partial charge in [0, 0.05) is 0 Å². The summed E-state index contributed by atoms with van der Waals surface area (Å²) in [5, 5.41) is 0. The third kappa shape index (κ3) is 17.0. The normalized spacial score (nSPS) is 13.9. The number of allylic oxidation sites excluding steroid dienone is 9. The lowest BCUT2D eigenvalue weighted by Gasteiger charge is -2.00. The van der Waals surface area contributed by atoms with E-state index in [1.807, 2.05) is 12.2 Å². The smallest absolute Gasteiger partial charge is 0.264 e. The summed E-state index contributed by atoms with van der Waals surface area (Å²) in [7, 11) is -3.35. The van der Waals surface area contributed by atoms with Gasteiger partial charge in [-0.25, -0.2) is 0 Å². The molecule has 0 aliphatic rings. The van der Waals surface area contributed by atoms with Gasteiger partial charge in [0.15, 0.2) is 0 Å². The molecule has 0 heterocycles. The van der Waals surface area contributed by atoms with Gasteiger partial charge < -0.3 is 0 Å². The molecule has 0 saturated heterocycles. The standard InChI is InChI=1S/C20H32O3S/c1-18(2)12-10-14-20(4)16-11-15-19(3)13-8-6-7-9-17-23-24(5,21)22/h6-9,12-13,16H,10-11,14-15,17H2,1-5H3/b8-6+,9-7+,19-13+,20-16+. The van der Waals surface area contributed by atoms with E-state index in [4.69, 9.17) is 0 Å². The van der Waals surface area contributed by atoms with Crippen LogP contribution < -0.4 is 0 Å². The molecule has 0 amide bonds. The molecule has 0 aromatic rings. The molecule has 0 aromatic carbocycles. The Morgan fingerprint density at radius 1 is 0.875 bits per heavy atom. The van der Waals surface area contributed by atoms with Gasteiger partial charge in [-0.1, -0.05) is 59.3 Å². The fourth-order valence-electron chi connectivity index (χ4n) is 1.90. The van der Waals surface area contributed by atoms with Gasteiger partial charge in [0.1, 0.15) is 0 Å². The fourth-order valence-corrected chi connectivity index (χ4v) is 2.23. The molecule has 0 bridgehead atoms. The Morgan fingerprint density at radius 3 is 2.12 bits per heavy atom. The van der Waals surface area contributed by atoms with Crippen LogP contribution in [0.25, 0.3) is 0 Å². The van der Waals surface area contributed by atoms with Crippen molar-refractivity contribution in [1.29, 1.82) is 0 Å². The SMILES string of the molecule is CC(C)=CCC/C(C)=C/CC/C(C)=C/C=C/C=C/COS(C)(=O)=O. The van der Waals surface area contributed by atoms with Crippen LogP contribution in [0.3, 0.4) is 0 Å². The first-order valence-electron chi connectivity index (χ1n) is 8.33. The number of rotatable bonds is 11. The number of hydrogen-bond donors (Lipinski definition) is 0. The van der Waals surface area contributed by atoms with Crippen molar-refractivity contribution in [1.82, 2.24) is 0 Å². The molecular formula is C20H32O3S. The van der Waals surface area contributed by atoms with Crippen molar-refractivity contribution in [3.8, 4) is 0 Å². The quantitative estimate of drug-likeness (QED) is 0.280. The highest BCUT2D eigenvalue weighted by atomic mass is 32.2. The Balaban J connectivity index is 4.03.